The first kappa shape index (κ1) is 16.7. The monoisotopic (exact) mass is 276 g/mol. The lowest BCUT2D eigenvalue weighted by atomic mass is 10.2. The van der Waals surface area contributed by atoms with Crippen LogP contribution in [0.3, 0.4) is 0 Å². The van der Waals surface area contributed by atoms with Gasteiger partial charge in [0, 0.05) is 32.2 Å². The SMILES string of the molecule is CC1CCN(Cc2ccccc2)CCN1.Cl.Cl. The molecular formula is C13H22Cl2N2. The molecule has 0 aromatic heterocycles. The molecule has 0 aliphatic carbocycles. The van der Waals surface area contributed by atoms with Crippen LogP contribution in [0.4, 0.5) is 0 Å². The predicted molar refractivity (Wildman–Crippen MR) is 78.3 cm³/mol. The summed E-state index contributed by atoms with van der Waals surface area (Å²) < 4.78 is 0. The zero-order valence-corrected chi connectivity index (χ0v) is 11.9. The number of nitrogens with one attached hydrogen (secondary N) is 1. The first-order valence-corrected chi connectivity index (χ1v) is 5.84. The van der Waals surface area contributed by atoms with E-state index in [9.17, 15) is 0 Å². The Labute approximate surface area is 117 Å². The number of benzene rings is 1. The quantitative estimate of drug-likeness (QED) is 0.894. The fourth-order valence-corrected chi connectivity index (χ4v) is 2.06. The van der Waals surface area contributed by atoms with Crippen LogP contribution in [-0.2, 0) is 6.54 Å². The van der Waals surface area contributed by atoms with E-state index in [0.717, 1.165) is 13.1 Å². The first-order chi connectivity index (χ1) is 7.34. The summed E-state index contributed by atoms with van der Waals surface area (Å²) in [5.41, 5.74) is 1.42. The Morgan fingerprint density at radius 3 is 2.59 bits per heavy atom. The molecule has 1 aliphatic heterocycles. The van der Waals surface area contributed by atoms with Gasteiger partial charge in [-0.05, 0) is 18.9 Å². The molecule has 1 heterocycles. The highest BCUT2D eigenvalue weighted by Crippen LogP contribution is 2.07. The first-order valence-electron chi connectivity index (χ1n) is 5.84. The van der Waals surface area contributed by atoms with Crippen molar-refractivity contribution < 1.29 is 0 Å². The van der Waals surface area contributed by atoms with E-state index in [2.05, 4.69) is 47.5 Å². The molecule has 0 bridgehead atoms. The Morgan fingerprint density at radius 2 is 1.88 bits per heavy atom. The molecule has 2 nitrogen and oxygen atoms in total. The van der Waals surface area contributed by atoms with Crippen LogP contribution < -0.4 is 5.32 Å². The molecule has 17 heavy (non-hydrogen) atoms. The number of rotatable bonds is 2. The minimum absolute atomic E-state index is 0. The van der Waals surface area contributed by atoms with E-state index in [-0.39, 0.29) is 24.8 Å². The van der Waals surface area contributed by atoms with Crippen molar-refractivity contribution in [3.8, 4) is 0 Å². The van der Waals surface area contributed by atoms with Crippen molar-refractivity contribution in [3.63, 3.8) is 0 Å². The van der Waals surface area contributed by atoms with E-state index in [1.54, 1.807) is 0 Å². The van der Waals surface area contributed by atoms with Crippen LogP contribution in [0.15, 0.2) is 30.3 Å². The maximum absolute atomic E-state index is 3.52. The van der Waals surface area contributed by atoms with Crippen molar-refractivity contribution in [2.24, 2.45) is 0 Å². The smallest absolute Gasteiger partial charge is 0.0234 e. The second kappa shape index (κ2) is 8.76. The maximum Gasteiger partial charge on any atom is 0.0234 e. The standard InChI is InChI=1S/C13H20N2.2ClH/c1-12-7-9-15(10-8-14-12)11-13-5-3-2-4-6-13;;/h2-6,12,14H,7-11H2,1H3;2*1H. The van der Waals surface area contributed by atoms with Crippen LogP contribution in [0.2, 0.25) is 0 Å². The second-order valence-corrected chi connectivity index (χ2v) is 4.41. The van der Waals surface area contributed by atoms with E-state index in [4.69, 9.17) is 0 Å². The van der Waals surface area contributed by atoms with Gasteiger partial charge in [0.2, 0.25) is 0 Å². The molecule has 1 saturated heterocycles. The molecule has 1 atom stereocenters. The summed E-state index contributed by atoms with van der Waals surface area (Å²) in [5, 5.41) is 3.52. The van der Waals surface area contributed by atoms with E-state index in [1.165, 1.54) is 25.1 Å². The largest absolute Gasteiger partial charge is 0.313 e. The molecule has 0 saturated carbocycles. The number of halogens is 2. The van der Waals surface area contributed by atoms with Crippen molar-refractivity contribution in [2.75, 3.05) is 19.6 Å². The van der Waals surface area contributed by atoms with Crippen molar-refractivity contribution in [1.29, 1.82) is 0 Å². The highest BCUT2D eigenvalue weighted by molar-refractivity contribution is 5.85. The summed E-state index contributed by atoms with van der Waals surface area (Å²) in [7, 11) is 0. The van der Waals surface area contributed by atoms with E-state index in [1.807, 2.05) is 0 Å². The topological polar surface area (TPSA) is 15.3 Å². The normalized spacial score (nSPS) is 20.9. The van der Waals surface area contributed by atoms with Crippen LogP contribution in [-0.4, -0.2) is 30.6 Å². The van der Waals surface area contributed by atoms with Gasteiger partial charge in [-0.1, -0.05) is 30.3 Å². The van der Waals surface area contributed by atoms with E-state index >= 15 is 0 Å². The Kier molecular flexibility index (Phi) is 8.61. The summed E-state index contributed by atoms with van der Waals surface area (Å²) in [4.78, 5) is 2.53. The van der Waals surface area contributed by atoms with Gasteiger partial charge >= 0.3 is 0 Å². The average Bonchev–Trinajstić information content (AvgIpc) is 2.46. The Morgan fingerprint density at radius 1 is 1.18 bits per heavy atom. The molecule has 1 aromatic carbocycles. The summed E-state index contributed by atoms with van der Waals surface area (Å²) in [6, 6.07) is 11.4. The van der Waals surface area contributed by atoms with Crippen molar-refractivity contribution in [1.82, 2.24) is 10.2 Å². The lowest BCUT2D eigenvalue weighted by Crippen LogP contribution is -2.28. The molecule has 1 aliphatic rings. The molecule has 0 radical (unpaired) electrons. The van der Waals surface area contributed by atoms with Crippen LogP contribution >= 0.6 is 24.8 Å². The molecule has 0 amide bonds. The third-order valence-electron chi connectivity index (χ3n) is 3.05. The Hall–Kier alpha value is -0.280. The average molecular weight is 277 g/mol. The molecule has 0 spiro atoms. The van der Waals surface area contributed by atoms with Crippen LogP contribution in [0, 0.1) is 0 Å². The van der Waals surface area contributed by atoms with E-state index < -0.39 is 0 Å². The molecule has 1 fully saturated rings. The Bertz CT molecular complexity index is 293. The Balaban J connectivity index is 0.00000128. The van der Waals surface area contributed by atoms with Crippen molar-refractivity contribution in [3.05, 3.63) is 35.9 Å². The van der Waals surface area contributed by atoms with Crippen LogP contribution in [0.1, 0.15) is 18.9 Å². The zero-order valence-electron chi connectivity index (χ0n) is 10.3. The highest BCUT2D eigenvalue weighted by Gasteiger charge is 2.12. The summed E-state index contributed by atoms with van der Waals surface area (Å²) >= 11 is 0. The molecule has 1 aromatic rings. The molecule has 4 heteroatoms. The van der Waals surface area contributed by atoms with Gasteiger partial charge in [0.05, 0.1) is 0 Å². The summed E-state index contributed by atoms with van der Waals surface area (Å²) in [5.74, 6) is 0. The third-order valence-corrected chi connectivity index (χ3v) is 3.05. The van der Waals surface area contributed by atoms with E-state index in [0.29, 0.717) is 6.04 Å². The van der Waals surface area contributed by atoms with Gasteiger partial charge in [0.1, 0.15) is 0 Å². The number of hydrogen-bond donors (Lipinski definition) is 1. The molecule has 2 rings (SSSR count). The fourth-order valence-electron chi connectivity index (χ4n) is 2.06. The number of nitrogens with zero attached hydrogens (tertiary/aromatic N) is 1. The van der Waals surface area contributed by atoms with Gasteiger partial charge in [-0.25, -0.2) is 0 Å². The van der Waals surface area contributed by atoms with Gasteiger partial charge in [-0.15, -0.1) is 24.8 Å². The van der Waals surface area contributed by atoms with Gasteiger partial charge in [-0.2, -0.15) is 0 Å². The van der Waals surface area contributed by atoms with Crippen LogP contribution in [0.5, 0.6) is 0 Å². The van der Waals surface area contributed by atoms with Gasteiger partial charge in [0.15, 0.2) is 0 Å². The lowest BCUT2D eigenvalue weighted by molar-refractivity contribution is 0.282. The number of hydrogen-bond acceptors (Lipinski definition) is 2. The summed E-state index contributed by atoms with van der Waals surface area (Å²) in [6.45, 7) is 6.86. The second-order valence-electron chi connectivity index (χ2n) is 4.41. The third kappa shape index (κ3) is 5.73. The van der Waals surface area contributed by atoms with Crippen molar-refractivity contribution in [2.45, 2.75) is 25.9 Å². The predicted octanol–water partition coefficient (Wildman–Crippen LogP) is 2.71. The van der Waals surface area contributed by atoms with Crippen LogP contribution in [0.25, 0.3) is 0 Å². The highest BCUT2D eigenvalue weighted by atomic mass is 35.5. The van der Waals surface area contributed by atoms with Gasteiger partial charge < -0.3 is 5.32 Å². The minimum Gasteiger partial charge on any atom is -0.313 e. The molecular weight excluding hydrogens is 255 g/mol. The zero-order chi connectivity index (χ0) is 10.5. The fraction of sp³-hybridized carbons (Fsp3) is 0.538. The molecule has 1 N–H and O–H groups in total. The molecule has 98 valence electrons. The molecule has 1 unspecified atom stereocenters. The minimum atomic E-state index is 0. The van der Waals surface area contributed by atoms with Gasteiger partial charge in [0.25, 0.3) is 0 Å². The lowest BCUT2D eigenvalue weighted by Gasteiger charge is -2.19. The van der Waals surface area contributed by atoms with Crippen molar-refractivity contribution >= 4 is 24.8 Å². The van der Waals surface area contributed by atoms with Gasteiger partial charge in [-0.3, -0.25) is 4.90 Å². The maximum atomic E-state index is 3.52. The summed E-state index contributed by atoms with van der Waals surface area (Å²) in [6.07, 6.45) is 1.26.